The van der Waals surface area contributed by atoms with Crippen molar-refractivity contribution < 1.29 is 35.8 Å². The van der Waals surface area contributed by atoms with Crippen LogP contribution in [0.15, 0.2) is 30.3 Å². The Kier molecular flexibility index (Phi) is 4.89. The highest BCUT2D eigenvalue weighted by Crippen LogP contribution is 2.48. The molecule has 0 fully saturated rings. The number of benzene rings is 1. The van der Waals surface area contributed by atoms with Crippen molar-refractivity contribution in [1.29, 1.82) is 0 Å². The number of nitrogens with two attached hydrogens (primary N) is 1. The van der Waals surface area contributed by atoms with Gasteiger partial charge in [0, 0.05) is 6.04 Å². The number of hydrogen-bond acceptors (Lipinski definition) is 2. The predicted molar refractivity (Wildman–Crippen MR) is 60.1 cm³/mol. The van der Waals surface area contributed by atoms with E-state index in [0.717, 1.165) is 0 Å². The third kappa shape index (κ3) is 3.46. The second-order valence-electron chi connectivity index (χ2n) is 4.49. The van der Waals surface area contributed by atoms with Crippen LogP contribution in [0.1, 0.15) is 5.56 Å². The molecule has 9 heteroatoms. The van der Waals surface area contributed by atoms with Gasteiger partial charge < -0.3 is 10.8 Å². The van der Waals surface area contributed by atoms with Gasteiger partial charge in [-0.1, -0.05) is 30.3 Å². The van der Waals surface area contributed by atoms with Gasteiger partial charge in [-0.15, -0.1) is 0 Å². The van der Waals surface area contributed by atoms with Gasteiger partial charge in [-0.05, 0) is 12.0 Å². The molecular formula is C12H12F7NO. The number of aliphatic hydroxyl groups excluding tert-OH is 1. The Morgan fingerprint density at radius 2 is 1.43 bits per heavy atom. The second-order valence-corrected chi connectivity index (χ2v) is 4.49. The van der Waals surface area contributed by atoms with Crippen LogP contribution in [-0.4, -0.2) is 35.3 Å². The van der Waals surface area contributed by atoms with Gasteiger partial charge >= 0.3 is 18.0 Å². The van der Waals surface area contributed by atoms with Gasteiger partial charge in [0.15, 0.2) is 0 Å². The van der Waals surface area contributed by atoms with Crippen LogP contribution in [0.3, 0.4) is 0 Å². The summed E-state index contributed by atoms with van der Waals surface area (Å²) in [7, 11) is 0. The quantitative estimate of drug-likeness (QED) is 0.820. The molecule has 0 aliphatic carbocycles. The van der Waals surface area contributed by atoms with Gasteiger partial charge in [0.05, 0.1) is 0 Å². The van der Waals surface area contributed by atoms with Crippen LogP contribution in [0.5, 0.6) is 0 Å². The van der Waals surface area contributed by atoms with Crippen molar-refractivity contribution in [2.75, 3.05) is 0 Å². The first-order chi connectivity index (χ1) is 9.41. The van der Waals surface area contributed by atoms with Gasteiger partial charge in [0.25, 0.3) is 0 Å². The van der Waals surface area contributed by atoms with Crippen molar-refractivity contribution in [1.82, 2.24) is 0 Å². The first-order valence-electron chi connectivity index (χ1n) is 5.71. The van der Waals surface area contributed by atoms with Crippen LogP contribution in [-0.2, 0) is 6.42 Å². The van der Waals surface area contributed by atoms with Crippen LogP contribution in [0.4, 0.5) is 30.7 Å². The van der Waals surface area contributed by atoms with Crippen molar-refractivity contribution in [2.45, 2.75) is 36.6 Å². The summed E-state index contributed by atoms with van der Waals surface area (Å²) in [4.78, 5) is 0. The number of halogens is 7. The smallest absolute Gasteiger partial charge is 0.385 e. The summed E-state index contributed by atoms with van der Waals surface area (Å²) >= 11 is 0. The summed E-state index contributed by atoms with van der Waals surface area (Å²) in [5, 5.41) is 9.15. The fourth-order valence-corrected chi connectivity index (χ4v) is 1.64. The maximum Gasteiger partial charge on any atom is 0.459 e. The molecule has 1 aromatic rings. The maximum absolute atomic E-state index is 13.2. The third-order valence-electron chi connectivity index (χ3n) is 2.87. The Morgan fingerprint density at radius 1 is 0.952 bits per heavy atom. The lowest BCUT2D eigenvalue weighted by Gasteiger charge is -2.33. The lowest BCUT2D eigenvalue weighted by molar-refractivity contribution is -0.372. The minimum atomic E-state index is -6.50. The Balaban J connectivity index is 2.92. The molecule has 0 aliphatic heterocycles. The van der Waals surface area contributed by atoms with Crippen molar-refractivity contribution in [3.8, 4) is 0 Å². The Morgan fingerprint density at radius 3 is 1.86 bits per heavy atom. The summed E-state index contributed by atoms with van der Waals surface area (Å²) < 4.78 is 88.0. The predicted octanol–water partition coefficient (Wildman–Crippen LogP) is 2.75. The molecule has 0 amide bonds. The number of alkyl halides is 7. The molecule has 0 aliphatic rings. The Hall–Kier alpha value is -1.35. The van der Waals surface area contributed by atoms with E-state index in [1.807, 2.05) is 0 Å². The van der Waals surface area contributed by atoms with E-state index in [-0.39, 0.29) is 0 Å². The largest absolute Gasteiger partial charge is 0.459 e. The van der Waals surface area contributed by atoms with E-state index < -0.39 is 36.6 Å². The van der Waals surface area contributed by atoms with Crippen LogP contribution in [0.25, 0.3) is 0 Å². The minimum Gasteiger partial charge on any atom is -0.385 e. The molecule has 0 bridgehead atoms. The molecule has 0 saturated heterocycles. The molecule has 0 spiro atoms. The zero-order valence-corrected chi connectivity index (χ0v) is 10.4. The van der Waals surface area contributed by atoms with Crippen molar-refractivity contribution >= 4 is 0 Å². The van der Waals surface area contributed by atoms with E-state index in [9.17, 15) is 30.7 Å². The molecule has 1 rings (SSSR count). The summed E-state index contributed by atoms with van der Waals surface area (Å²) in [6, 6.07) is 5.40. The molecule has 2 nitrogen and oxygen atoms in total. The number of rotatable bonds is 5. The Bertz CT molecular complexity index is 460. The lowest BCUT2D eigenvalue weighted by Crippen LogP contribution is -2.62. The summed E-state index contributed by atoms with van der Waals surface area (Å²) in [5.41, 5.74) is 5.46. The molecule has 0 radical (unpaired) electrons. The van der Waals surface area contributed by atoms with Gasteiger partial charge in [-0.25, -0.2) is 0 Å². The molecule has 2 atom stereocenters. The SMILES string of the molecule is NC(Cc1ccccc1)C(O)C(F)(F)C(F)(F)C(F)(F)F. The lowest BCUT2D eigenvalue weighted by atomic mass is 9.94. The van der Waals surface area contributed by atoms with Gasteiger partial charge in [0.1, 0.15) is 6.10 Å². The first kappa shape index (κ1) is 17.7. The molecule has 1 aromatic carbocycles. The topological polar surface area (TPSA) is 46.2 Å². The second kappa shape index (κ2) is 5.80. The molecular weight excluding hydrogens is 307 g/mol. The number of aliphatic hydroxyl groups is 1. The standard InChI is InChI=1S/C12H12F7NO/c13-10(14,11(15,16)12(17,18)19)9(21)8(20)6-7-4-2-1-3-5-7/h1-5,8-9,21H,6,20H2. The van der Waals surface area contributed by atoms with E-state index in [2.05, 4.69) is 0 Å². The normalized spacial score (nSPS) is 16.6. The Labute approximate surface area is 115 Å². The zero-order chi connectivity index (χ0) is 16.5. The summed E-state index contributed by atoms with van der Waals surface area (Å²) in [6.45, 7) is 0. The van der Waals surface area contributed by atoms with Crippen molar-refractivity contribution in [2.24, 2.45) is 5.73 Å². The highest BCUT2D eigenvalue weighted by atomic mass is 19.4. The van der Waals surface area contributed by atoms with Gasteiger partial charge in [0.2, 0.25) is 0 Å². The first-order valence-corrected chi connectivity index (χ1v) is 5.71. The fourth-order valence-electron chi connectivity index (χ4n) is 1.64. The highest BCUT2D eigenvalue weighted by Gasteiger charge is 2.75. The summed E-state index contributed by atoms with van der Waals surface area (Å²) in [6.07, 6.45) is -10.3. The maximum atomic E-state index is 13.2. The monoisotopic (exact) mass is 319 g/mol. The molecule has 120 valence electrons. The zero-order valence-electron chi connectivity index (χ0n) is 10.4. The van der Waals surface area contributed by atoms with E-state index in [4.69, 9.17) is 10.8 Å². The van der Waals surface area contributed by atoms with Crippen LogP contribution < -0.4 is 5.73 Å². The van der Waals surface area contributed by atoms with Crippen LogP contribution in [0.2, 0.25) is 0 Å². The van der Waals surface area contributed by atoms with Crippen molar-refractivity contribution in [3.05, 3.63) is 35.9 Å². The molecule has 21 heavy (non-hydrogen) atoms. The van der Waals surface area contributed by atoms with Gasteiger partial charge in [-0.2, -0.15) is 30.7 Å². The molecule has 2 unspecified atom stereocenters. The van der Waals surface area contributed by atoms with Crippen LogP contribution >= 0.6 is 0 Å². The molecule has 0 saturated carbocycles. The minimum absolute atomic E-state index is 0.315. The molecule has 0 aromatic heterocycles. The fraction of sp³-hybridized carbons (Fsp3) is 0.500. The number of hydrogen-bond donors (Lipinski definition) is 2. The third-order valence-corrected chi connectivity index (χ3v) is 2.87. The highest BCUT2D eigenvalue weighted by molar-refractivity contribution is 5.16. The average molecular weight is 319 g/mol. The molecule has 3 N–H and O–H groups in total. The van der Waals surface area contributed by atoms with E-state index in [1.165, 1.54) is 24.3 Å². The average Bonchev–Trinajstić information content (AvgIpc) is 2.37. The van der Waals surface area contributed by atoms with Crippen LogP contribution in [0, 0.1) is 0 Å². The van der Waals surface area contributed by atoms with E-state index in [1.54, 1.807) is 6.07 Å². The van der Waals surface area contributed by atoms with E-state index >= 15 is 0 Å². The van der Waals surface area contributed by atoms with Crippen molar-refractivity contribution in [3.63, 3.8) is 0 Å². The van der Waals surface area contributed by atoms with E-state index in [0.29, 0.717) is 5.56 Å². The van der Waals surface area contributed by atoms with Gasteiger partial charge in [-0.3, -0.25) is 0 Å². The summed E-state index contributed by atoms with van der Waals surface area (Å²) in [5.74, 6) is -12.1. The molecule has 0 heterocycles.